The van der Waals surface area contributed by atoms with Crippen LogP contribution in [-0.4, -0.2) is 13.0 Å². The van der Waals surface area contributed by atoms with Gasteiger partial charge in [-0.2, -0.15) is 0 Å². The lowest BCUT2D eigenvalue weighted by atomic mass is 10.2. The molecule has 1 aromatic rings. The molecule has 78 valence electrons. The molecule has 0 aliphatic rings. The Morgan fingerprint density at radius 1 is 1.43 bits per heavy atom. The van der Waals surface area contributed by atoms with E-state index >= 15 is 0 Å². The van der Waals surface area contributed by atoms with Crippen molar-refractivity contribution in [1.82, 2.24) is 0 Å². The van der Waals surface area contributed by atoms with Crippen LogP contribution in [0.4, 0.5) is 5.69 Å². The zero-order chi connectivity index (χ0) is 10.6. The lowest BCUT2D eigenvalue weighted by Crippen LogP contribution is -2.18. The molecule has 0 aliphatic heterocycles. The third kappa shape index (κ3) is 2.49. The Hall–Kier alpha value is -1.51. The lowest BCUT2D eigenvalue weighted by Gasteiger charge is -2.10. The van der Waals surface area contributed by atoms with Gasteiger partial charge in [0.25, 0.3) is 0 Å². The Morgan fingerprint density at radius 3 is 2.64 bits per heavy atom. The smallest absolute Gasteiger partial charge is 0.227 e. The summed E-state index contributed by atoms with van der Waals surface area (Å²) in [4.78, 5) is 11.4. The Morgan fingerprint density at radius 2 is 2.07 bits per heavy atom. The fraction of sp³-hybridized carbons (Fsp3) is 0.364. The van der Waals surface area contributed by atoms with Crippen LogP contribution in [0.3, 0.4) is 0 Å². The Labute approximate surface area is 85.6 Å². The Kier molecular flexibility index (Phi) is 3.51. The van der Waals surface area contributed by atoms with Crippen molar-refractivity contribution < 1.29 is 11.0 Å². The third-order valence-electron chi connectivity index (χ3n) is 1.89. The van der Waals surface area contributed by atoms with Gasteiger partial charge in [-0.05, 0) is 12.1 Å². The molecule has 14 heavy (non-hydrogen) atoms. The van der Waals surface area contributed by atoms with Crippen molar-refractivity contribution in [3.8, 4) is 5.75 Å². The molecule has 1 N–H and O–H groups in total. The van der Waals surface area contributed by atoms with Crippen LogP contribution in [0.2, 0.25) is 0 Å². The average Bonchev–Trinajstić information content (AvgIpc) is 2.18. The summed E-state index contributed by atoms with van der Waals surface area (Å²) < 4.78 is 5.11. The number of benzene rings is 1. The highest BCUT2D eigenvalue weighted by Crippen LogP contribution is 2.23. The molecule has 1 rings (SSSR count). The highest BCUT2D eigenvalue weighted by atomic mass is 16.5. The predicted octanol–water partition coefficient (Wildman–Crippen LogP) is 2.54. The Balaban J connectivity index is 0.00000196. The number of amides is 1. The van der Waals surface area contributed by atoms with Crippen molar-refractivity contribution in [3.63, 3.8) is 0 Å². The highest BCUT2D eigenvalue weighted by molar-refractivity contribution is 5.93. The topological polar surface area (TPSA) is 38.3 Å². The maximum atomic E-state index is 11.4. The first-order valence-electron chi connectivity index (χ1n) is 4.59. The van der Waals surface area contributed by atoms with E-state index in [4.69, 9.17) is 4.74 Å². The minimum Gasteiger partial charge on any atom is -0.495 e. The number of methoxy groups -OCH3 is 1. The van der Waals surface area contributed by atoms with Gasteiger partial charge >= 0.3 is 0 Å². The SMILES string of the molecule is COc1ccccc1NC(=O)C(C)C.[HH]. The van der Waals surface area contributed by atoms with E-state index in [9.17, 15) is 4.79 Å². The van der Waals surface area contributed by atoms with Crippen molar-refractivity contribution in [1.29, 1.82) is 0 Å². The van der Waals surface area contributed by atoms with Crippen LogP contribution < -0.4 is 10.1 Å². The molecule has 0 fully saturated rings. The number of carbonyl (C=O) groups is 1. The summed E-state index contributed by atoms with van der Waals surface area (Å²) in [6.45, 7) is 3.70. The molecule has 3 heteroatoms. The zero-order valence-electron chi connectivity index (χ0n) is 8.70. The molecule has 0 radical (unpaired) electrons. The van der Waals surface area contributed by atoms with Gasteiger partial charge in [0, 0.05) is 7.34 Å². The molecular weight excluding hydrogens is 178 g/mol. The average molecular weight is 195 g/mol. The lowest BCUT2D eigenvalue weighted by molar-refractivity contribution is -0.118. The third-order valence-corrected chi connectivity index (χ3v) is 1.89. The second kappa shape index (κ2) is 4.65. The van der Waals surface area contributed by atoms with E-state index in [1.165, 1.54) is 0 Å². The van der Waals surface area contributed by atoms with Gasteiger partial charge in [0.1, 0.15) is 5.75 Å². The van der Waals surface area contributed by atoms with Crippen LogP contribution in [0.25, 0.3) is 0 Å². The Bertz CT molecular complexity index is 326. The van der Waals surface area contributed by atoms with E-state index in [0.29, 0.717) is 11.4 Å². The summed E-state index contributed by atoms with van der Waals surface area (Å²) in [6, 6.07) is 7.36. The molecule has 0 saturated heterocycles. The molecule has 0 spiro atoms. The van der Waals surface area contributed by atoms with Crippen molar-refractivity contribution in [2.45, 2.75) is 13.8 Å². The van der Waals surface area contributed by atoms with Gasteiger partial charge < -0.3 is 10.1 Å². The molecule has 0 aromatic heterocycles. The van der Waals surface area contributed by atoms with Crippen LogP contribution >= 0.6 is 0 Å². The van der Waals surface area contributed by atoms with Crippen LogP contribution in [-0.2, 0) is 4.79 Å². The van der Waals surface area contributed by atoms with Gasteiger partial charge in [0.15, 0.2) is 0 Å². The van der Waals surface area contributed by atoms with Crippen LogP contribution in [0, 0.1) is 5.92 Å². The van der Waals surface area contributed by atoms with Crippen LogP contribution in [0.1, 0.15) is 15.3 Å². The van der Waals surface area contributed by atoms with E-state index in [2.05, 4.69) is 5.32 Å². The normalized spacial score (nSPS) is 10.0. The number of anilines is 1. The highest BCUT2D eigenvalue weighted by Gasteiger charge is 2.09. The van der Waals surface area contributed by atoms with Crippen molar-refractivity contribution in [2.24, 2.45) is 5.92 Å². The molecule has 0 bridgehead atoms. The summed E-state index contributed by atoms with van der Waals surface area (Å²) in [5.41, 5.74) is 0.716. The predicted molar refractivity (Wildman–Crippen MR) is 58.6 cm³/mol. The first kappa shape index (κ1) is 10.6. The number of ether oxygens (including phenoxy) is 1. The number of nitrogens with one attached hydrogen (secondary N) is 1. The second-order valence-corrected chi connectivity index (χ2v) is 3.34. The maximum absolute atomic E-state index is 11.4. The monoisotopic (exact) mass is 195 g/mol. The number of para-hydroxylation sites is 2. The van der Waals surface area contributed by atoms with Crippen molar-refractivity contribution >= 4 is 11.6 Å². The number of hydrogen-bond acceptors (Lipinski definition) is 2. The van der Waals surface area contributed by atoms with Gasteiger partial charge in [-0.25, -0.2) is 0 Å². The van der Waals surface area contributed by atoms with E-state index in [1.54, 1.807) is 7.11 Å². The molecule has 0 saturated carbocycles. The minimum absolute atomic E-state index is 0. The van der Waals surface area contributed by atoms with Crippen molar-refractivity contribution in [3.05, 3.63) is 24.3 Å². The summed E-state index contributed by atoms with van der Waals surface area (Å²) in [5.74, 6) is 0.649. The van der Waals surface area contributed by atoms with Gasteiger partial charge in [0.2, 0.25) is 5.91 Å². The second-order valence-electron chi connectivity index (χ2n) is 3.34. The van der Waals surface area contributed by atoms with E-state index in [-0.39, 0.29) is 13.3 Å². The van der Waals surface area contributed by atoms with Gasteiger partial charge in [0.05, 0.1) is 12.8 Å². The van der Waals surface area contributed by atoms with Crippen LogP contribution in [0.15, 0.2) is 24.3 Å². The largest absolute Gasteiger partial charge is 0.495 e. The van der Waals surface area contributed by atoms with Crippen molar-refractivity contribution in [2.75, 3.05) is 12.4 Å². The number of carbonyl (C=O) groups excluding carboxylic acids is 1. The first-order chi connectivity index (χ1) is 6.65. The summed E-state index contributed by atoms with van der Waals surface area (Å²) in [7, 11) is 1.58. The molecule has 0 atom stereocenters. The van der Waals surface area contributed by atoms with Gasteiger partial charge in [-0.3, -0.25) is 4.79 Å². The summed E-state index contributed by atoms with van der Waals surface area (Å²) in [6.07, 6.45) is 0. The molecule has 0 heterocycles. The number of hydrogen-bond donors (Lipinski definition) is 1. The standard InChI is InChI=1S/C11H15NO2.H2/c1-8(2)11(13)12-9-6-4-5-7-10(9)14-3;/h4-8H,1-3H3,(H,12,13);1H. The quantitative estimate of drug-likeness (QED) is 0.804. The van der Waals surface area contributed by atoms with E-state index in [0.717, 1.165) is 0 Å². The molecule has 0 unspecified atom stereocenters. The molecule has 0 aliphatic carbocycles. The minimum atomic E-state index is -0.0279. The fourth-order valence-corrected chi connectivity index (χ4v) is 1.02. The molecule has 1 aromatic carbocycles. The summed E-state index contributed by atoms with van der Waals surface area (Å²) >= 11 is 0. The van der Waals surface area contributed by atoms with Gasteiger partial charge in [-0.15, -0.1) is 0 Å². The summed E-state index contributed by atoms with van der Waals surface area (Å²) in [5, 5.41) is 2.80. The zero-order valence-corrected chi connectivity index (χ0v) is 8.70. The molecular formula is C11H17NO2. The first-order valence-corrected chi connectivity index (χ1v) is 4.59. The number of rotatable bonds is 3. The fourth-order valence-electron chi connectivity index (χ4n) is 1.02. The van der Waals surface area contributed by atoms with Crippen LogP contribution in [0.5, 0.6) is 5.75 Å². The van der Waals surface area contributed by atoms with Gasteiger partial charge in [-0.1, -0.05) is 26.0 Å². The molecule has 1 amide bonds. The van der Waals surface area contributed by atoms with E-state index in [1.807, 2.05) is 38.1 Å². The van der Waals surface area contributed by atoms with E-state index < -0.39 is 0 Å². The molecule has 3 nitrogen and oxygen atoms in total. The maximum Gasteiger partial charge on any atom is 0.227 e.